The van der Waals surface area contributed by atoms with Crippen LogP contribution in [0.15, 0.2) is 4.99 Å². The Morgan fingerprint density at radius 3 is 2.44 bits per heavy atom. The van der Waals surface area contributed by atoms with Crippen LogP contribution in [-0.4, -0.2) is 25.2 Å². The van der Waals surface area contributed by atoms with Crippen molar-refractivity contribution in [2.24, 2.45) is 4.99 Å². The van der Waals surface area contributed by atoms with Crippen LogP contribution in [-0.2, 0) is 4.79 Å². The zero-order valence-corrected chi connectivity index (χ0v) is 4.40. The Morgan fingerprint density at radius 2 is 2.11 bits per heavy atom. The van der Waals surface area contributed by atoms with Gasteiger partial charge in [-0.2, -0.15) is 4.99 Å². The van der Waals surface area contributed by atoms with E-state index in [9.17, 15) is 18.0 Å². The molecule has 2 nitrogen and oxygen atoms in total. The van der Waals surface area contributed by atoms with Crippen molar-refractivity contribution in [3.8, 4) is 0 Å². The minimum Gasteiger partial charge on any atom is -0.244 e. The minimum atomic E-state index is -3.50. The fourth-order valence-electron chi connectivity index (χ4n) is 0.190. The number of aliphatic imine (C=N–C) groups is 1. The number of hydrogen-bond acceptors (Lipinski definition) is 2. The van der Waals surface area contributed by atoms with Crippen LogP contribution in [0.3, 0.4) is 0 Å². The molecule has 0 atom stereocenters. The van der Waals surface area contributed by atoms with Crippen LogP contribution < -0.4 is 0 Å². The first kappa shape index (κ1) is 8.17. The highest BCUT2D eigenvalue weighted by Gasteiger charge is 2.28. The molecule has 0 rings (SSSR count). The first-order valence-electron chi connectivity index (χ1n) is 2.10. The highest BCUT2D eigenvalue weighted by atomic mass is 19.3. The average Bonchev–Trinajstić information content (AvgIpc) is 1.84. The van der Waals surface area contributed by atoms with Crippen LogP contribution in [0.4, 0.5) is 13.2 Å². The molecule has 0 amide bonds. The van der Waals surface area contributed by atoms with Gasteiger partial charge in [0.25, 0.3) is 5.92 Å². The van der Waals surface area contributed by atoms with E-state index < -0.39 is 19.1 Å². The highest BCUT2D eigenvalue weighted by molar-refractivity contribution is 5.32. The summed E-state index contributed by atoms with van der Waals surface area (Å²) in [6, 6.07) is 0. The number of alkyl halides is 3. The number of hydrogen-bond donors (Lipinski definition) is 0. The van der Waals surface area contributed by atoms with Crippen molar-refractivity contribution in [3.05, 3.63) is 0 Å². The molecule has 0 aliphatic heterocycles. The van der Waals surface area contributed by atoms with Crippen LogP contribution in [0.1, 0.15) is 0 Å². The van der Waals surface area contributed by atoms with Crippen molar-refractivity contribution >= 4 is 6.08 Å². The smallest absolute Gasteiger partial charge is 0.244 e. The molecule has 0 fully saturated rings. The molecule has 0 saturated heterocycles. The second-order valence-corrected chi connectivity index (χ2v) is 1.40. The molecule has 0 bridgehead atoms. The van der Waals surface area contributed by atoms with E-state index in [1.54, 1.807) is 0 Å². The summed E-state index contributed by atoms with van der Waals surface area (Å²) < 4.78 is 34.5. The SMILES string of the molecule is O=C=NCC(F)(F)CF. The number of carbonyl (C=O) groups excluding carboxylic acids is 1. The predicted octanol–water partition coefficient (Wildman–Crippen LogP) is 0.927. The van der Waals surface area contributed by atoms with Gasteiger partial charge in [-0.1, -0.05) is 0 Å². The minimum absolute atomic E-state index is 0.886. The zero-order chi connectivity index (χ0) is 7.33. The van der Waals surface area contributed by atoms with Gasteiger partial charge in [0.15, 0.2) is 6.67 Å². The monoisotopic (exact) mass is 139 g/mol. The maximum atomic E-state index is 11.7. The Labute approximate surface area is 49.4 Å². The van der Waals surface area contributed by atoms with E-state index in [-0.39, 0.29) is 0 Å². The molecule has 0 heterocycles. The fraction of sp³-hybridized carbons (Fsp3) is 0.750. The van der Waals surface area contributed by atoms with Gasteiger partial charge in [-0.25, -0.2) is 18.0 Å². The molecule has 0 aromatic carbocycles. The molecular formula is C4H4F3NO. The predicted molar refractivity (Wildman–Crippen MR) is 23.9 cm³/mol. The Balaban J connectivity index is 3.71. The van der Waals surface area contributed by atoms with E-state index in [0.29, 0.717) is 0 Å². The van der Waals surface area contributed by atoms with Gasteiger partial charge in [0.2, 0.25) is 6.08 Å². The van der Waals surface area contributed by atoms with Crippen LogP contribution in [0.2, 0.25) is 0 Å². The van der Waals surface area contributed by atoms with Gasteiger partial charge in [0.05, 0.1) is 0 Å². The lowest BCUT2D eigenvalue weighted by molar-refractivity contribution is -0.0124. The Kier molecular flexibility index (Phi) is 2.95. The van der Waals surface area contributed by atoms with Gasteiger partial charge in [-0.05, 0) is 0 Å². The maximum absolute atomic E-state index is 11.7. The van der Waals surface area contributed by atoms with Gasteiger partial charge < -0.3 is 0 Å². The van der Waals surface area contributed by atoms with E-state index in [1.165, 1.54) is 0 Å². The summed E-state index contributed by atoms with van der Waals surface area (Å²) in [5.41, 5.74) is 0. The molecule has 52 valence electrons. The van der Waals surface area contributed by atoms with Gasteiger partial charge in [0.1, 0.15) is 6.54 Å². The number of nitrogens with zero attached hydrogens (tertiary/aromatic N) is 1. The van der Waals surface area contributed by atoms with Crippen molar-refractivity contribution in [1.29, 1.82) is 0 Å². The van der Waals surface area contributed by atoms with Crippen molar-refractivity contribution in [1.82, 2.24) is 0 Å². The normalized spacial score (nSPS) is 10.6. The zero-order valence-electron chi connectivity index (χ0n) is 4.40. The van der Waals surface area contributed by atoms with E-state index in [2.05, 4.69) is 4.99 Å². The van der Waals surface area contributed by atoms with Crippen molar-refractivity contribution < 1.29 is 18.0 Å². The van der Waals surface area contributed by atoms with Crippen LogP contribution in [0.5, 0.6) is 0 Å². The first-order chi connectivity index (χ1) is 4.12. The molecule has 0 aromatic rings. The lowest BCUT2D eigenvalue weighted by atomic mass is 10.4. The Morgan fingerprint density at radius 1 is 1.56 bits per heavy atom. The van der Waals surface area contributed by atoms with Gasteiger partial charge >= 0.3 is 0 Å². The third kappa shape index (κ3) is 3.73. The standard InChI is InChI=1S/C4H4F3NO/c5-1-4(6,7)2-8-3-9/h1-2H2. The van der Waals surface area contributed by atoms with E-state index in [1.807, 2.05) is 0 Å². The summed E-state index contributed by atoms with van der Waals surface area (Å²) in [4.78, 5) is 11.7. The molecule has 5 heteroatoms. The van der Waals surface area contributed by atoms with Crippen molar-refractivity contribution in [2.75, 3.05) is 13.2 Å². The number of isocyanates is 1. The summed E-state index contributed by atoms with van der Waals surface area (Å²) in [5.74, 6) is -3.50. The quantitative estimate of drug-likeness (QED) is 0.422. The molecule has 0 aromatic heterocycles. The van der Waals surface area contributed by atoms with Gasteiger partial charge in [-0.3, -0.25) is 0 Å². The van der Waals surface area contributed by atoms with E-state index in [4.69, 9.17) is 0 Å². The summed E-state index contributed by atoms with van der Waals surface area (Å²) in [6.07, 6.45) is 0.886. The number of rotatable bonds is 3. The van der Waals surface area contributed by atoms with Gasteiger partial charge in [0, 0.05) is 0 Å². The number of halogens is 3. The van der Waals surface area contributed by atoms with Crippen molar-refractivity contribution in [3.63, 3.8) is 0 Å². The van der Waals surface area contributed by atoms with E-state index in [0.717, 1.165) is 6.08 Å². The molecule has 0 unspecified atom stereocenters. The lowest BCUT2D eigenvalue weighted by Crippen LogP contribution is -2.22. The van der Waals surface area contributed by atoms with E-state index >= 15 is 0 Å². The molecule has 9 heavy (non-hydrogen) atoms. The lowest BCUT2D eigenvalue weighted by Gasteiger charge is -2.04. The summed E-state index contributed by atoms with van der Waals surface area (Å²) in [5, 5.41) is 0. The molecule has 0 radical (unpaired) electrons. The largest absolute Gasteiger partial charge is 0.295 e. The first-order valence-corrected chi connectivity index (χ1v) is 2.10. The van der Waals surface area contributed by atoms with Crippen LogP contribution in [0.25, 0.3) is 0 Å². The Bertz CT molecular complexity index is 130. The van der Waals surface area contributed by atoms with Crippen LogP contribution in [0, 0.1) is 0 Å². The third-order valence-corrected chi connectivity index (χ3v) is 0.570. The molecule has 0 aliphatic carbocycles. The average molecular weight is 139 g/mol. The second-order valence-electron chi connectivity index (χ2n) is 1.40. The molecule has 0 spiro atoms. The Hall–Kier alpha value is -0.830. The summed E-state index contributed by atoms with van der Waals surface area (Å²) in [7, 11) is 0. The molecule has 0 N–H and O–H groups in total. The maximum Gasteiger partial charge on any atom is 0.295 e. The van der Waals surface area contributed by atoms with Crippen LogP contribution >= 0.6 is 0 Å². The summed E-state index contributed by atoms with van der Waals surface area (Å²) in [6.45, 7) is -2.91. The topological polar surface area (TPSA) is 29.4 Å². The molecule has 0 saturated carbocycles. The summed E-state index contributed by atoms with van der Waals surface area (Å²) >= 11 is 0. The third-order valence-electron chi connectivity index (χ3n) is 0.570. The van der Waals surface area contributed by atoms with Crippen molar-refractivity contribution in [2.45, 2.75) is 5.92 Å². The fourth-order valence-corrected chi connectivity index (χ4v) is 0.190. The molecular weight excluding hydrogens is 135 g/mol. The molecule has 0 aliphatic rings. The van der Waals surface area contributed by atoms with Gasteiger partial charge in [-0.15, -0.1) is 0 Å². The highest BCUT2D eigenvalue weighted by Crippen LogP contribution is 2.12. The second kappa shape index (κ2) is 3.25.